The molecule has 5 heteroatoms. The van der Waals surface area contributed by atoms with Gasteiger partial charge in [-0.3, -0.25) is 4.68 Å². The Morgan fingerprint density at radius 2 is 1.65 bits per heavy atom. The van der Waals surface area contributed by atoms with E-state index in [0.717, 1.165) is 22.5 Å². The molecule has 0 aliphatic heterocycles. The van der Waals surface area contributed by atoms with E-state index in [9.17, 15) is 5.11 Å². The van der Waals surface area contributed by atoms with Crippen molar-refractivity contribution < 1.29 is 14.6 Å². The van der Waals surface area contributed by atoms with E-state index in [1.54, 1.807) is 37.1 Å². The lowest BCUT2D eigenvalue weighted by molar-refractivity contribution is 0.217. The fourth-order valence-electron chi connectivity index (χ4n) is 2.34. The number of benzene rings is 1. The molecule has 0 saturated carbocycles. The van der Waals surface area contributed by atoms with Gasteiger partial charge in [0.25, 0.3) is 0 Å². The summed E-state index contributed by atoms with van der Waals surface area (Å²) < 4.78 is 12.2. The number of hydrogen-bond acceptors (Lipinski definition) is 4. The maximum atomic E-state index is 10.6. The molecule has 0 aliphatic rings. The van der Waals surface area contributed by atoms with Crippen LogP contribution in [0.5, 0.6) is 11.5 Å². The molecule has 0 amide bonds. The number of hydrogen-bond donors (Lipinski definition) is 1. The number of ether oxygens (including phenoxy) is 2. The Kier molecular flexibility index (Phi) is 3.99. The van der Waals surface area contributed by atoms with Crippen molar-refractivity contribution in [1.82, 2.24) is 9.78 Å². The van der Waals surface area contributed by atoms with E-state index in [2.05, 4.69) is 5.10 Å². The summed E-state index contributed by atoms with van der Waals surface area (Å²) in [5, 5.41) is 15.0. The Balaban J connectivity index is 2.49. The molecule has 5 nitrogen and oxygen atoms in total. The van der Waals surface area contributed by atoms with E-state index >= 15 is 0 Å². The predicted octanol–water partition coefficient (Wildman–Crippen LogP) is 2.14. The van der Waals surface area contributed by atoms with Crippen LogP contribution in [0.1, 0.15) is 28.6 Å². The standard InChI is InChI=1S/C15H20N2O3/c1-9-14(10(2)17(3)16-9)15(18)11-6-12(19-4)8-13(7-11)20-5/h6-8,15,18H,1-5H3. The summed E-state index contributed by atoms with van der Waals surface area (Å²) in [4.78, 5) is 0. The van der Waals surface area contributed by atoms with Crippen LogP contribution in [0.3, 0.4) is 0 Å². The van der Waals surface area contributed by atoms with Crippen molar-refractivity contribution in [2.24, 2.45) is 7.05 Å². The number of aromatic nitrogens is 2. The van der Waals surface area contributed by atoms with Crippen LogP contribution in [0.25, 0.3) is 0 Å². The van der Waals surface area contributed by atoms with Crippen LogP contribution in [0.4, 0.5) is 0 Å². The molecular formula is C15H20N2O3. The molecule has 2 aromatic rings. The summed E-state index contributed by atoms with van der Waals surface area (Å²) in [5.41, 5.74) is 3.30. The number of methoxy groups -OCH3 is 2. The first-order chi connectivity index (χ1) is 9.47. The van der Waals surface area contributed by atoms with E-state index in [-0.39, 0.29) is 0 Å². The number of rotatable bonds is 4. The first-order valence-electron chi connectivity index (χ1n) is 6.39. The van der Waals surface area contributed by atoms with Gasteiger partial charge in [-0.2, -0.15) is 5.10 Å². The molecule has 0 fully saturated rings. The fraction of sp³-hybridized carbons (Fsp3) is 0.400. The van der Waals surface area contributed by atoms with Gasteiger partial charge in [0.1, 0.15) is 17.6 Å². The molecule has 0 radical (unpaired) electrons. The van der Waals surface area contributed by atoms with Crippen molar-refractivity contribution in [2.45, 2.75) is 20.0 Å². The third-order valence-corrected chi connectivity index (χ3v) is 3.53. The van der Waals surface area contributed by atoms with Gasteiger partial charge in [-0.05, 0) is 31.5 Å². The lowest BCUT2D eigenvalue weighted by Crippen LogP contribution is -2.04. The second kappa shape index (κ2) is 5.54. The molecule has 1 atom stereocenters. The average Bonchev–Trinajstić information content (AvgIpc) is 2.70. The van der Waals surface area contributed by atoms with E-state index in [1.807, 2.05) is 20.9 Å². The number of nitrogens with zero attached hydrogens (tertiary/aromatic N) is 2. The maximum Gasteiger partial charge on any atom is 0.122 e. The van der Waals surface area contributed by atoms with Gasteiger partial charge in [0.15, 0.2) is 0 Å². The lowest BCUT2D eigenvalue weighted by Gasteiger charge is -2.14. The molecule has 1 N–H and O–H groups in total. The first kappa shape index (κ1) is 14.4. The van der Waals surface area contributed by atoms with Crippen molar-refractivity contribution in [1.29, 1.82) is 0 Å². The third kappa shape index (κ3) is 2.49. The molecule has 2 rings (SSSR count). The highest BCUT2D eigenvalue weighted by atomic mass is 16.5. The first-order valence-corrected chi connectivity index (χ1v) is 6.39. The van der Waals surface area contributed by atoms with Crippen LogP contribution >= 0.6 is 0 Å². The van der Waals surface area contributed by atoms with Crippen molar-refractivity contribution in [3.05, 3.63) is 40.7 Å². The molecule has 1 aromatic heterocycles. The Labute approximate surface area is 118 Å². The zero-order chi connectivity index (χ0) is 14.9. The van der Waals surface area contributed by atoms with E-state index in [4.69, 9.17) is 9.47 Å². The summed E-state index contributed by atoms with van der Waals surface area (Å²) in [6.07, 6.45) is -0.757. The number of aliphatic hydroxyl groups is 1. The predicted molar refractivity (Wildman–Crippen MR) is 76.3 cm³/mol. The van der Waals surface area contributed by atoms with Crippen LogP contribution in [-0.2, 0) is 7.05 Å². The van der Waals surface area contributed by atoms with Gasteiger partial charge in [0, 0.05) is 24.4 Å². The molecule has 20 heavy (non-hydrogen) atoms. The number of aryl methyl sites for hydroxylation is 2. The van der Waals surface area contributed by atoms with Crippen molar-refractivity contribution in [3.8, 4) is 11.5 Å². The van der Waals surface area contributed by atoms with Gasteiger partial charge in [-0.1, -0.05) is 0 Å². The zero-order valence-electron chi connectivity index (χ0n) is 12.5. The molecule has 0 saturated heterocycles. The maximum absolute atomic E-state index is 10.6. The lowest BCUT2D eigenvalue weighted by atomic mass is 9.99. The normalized spacial score (nSPS) is 12.3. The highest BCUT2D eigenvalue weighted by Crippen LogP contribution is 2.32. The summed E-state index contributed by atoms with van der Waals surface area (Å²) in [6.45, 7) is 3.83. The van der Waals surface area contributed by atoms with Gasteiger partial charge in [-0.15, -0.1) is 0 Å². The van der Waals surface area contributed by atoms with Crippen molar-refractivity contribution in [3.63, 3.8) is 0 Å². The van der Waals surface area contributed by atoms with Gasteiger partial charge < -0.3 is 14.6 Å². The van der Waals surface area contributed by atoms with Crippen LogP contribution in [0.15, 0.2) is 18.2 Å². The molecule has 1 heterocycles. The molecular weight excluding hydrogens is 256 g/mol. The minimum absolute atomic E-state index is 0.651. The monoisotopic (exact) mass is 276 g/mol. The second-order valence-corrected chi connectivity index (χ2v) is 4.76. The third-order valence-electron chi connectivity index (χ3n) is 3.53. The molecule has 0 bridgehead atoms. The average molecular weight is 276 g/mol. The van der Waals surface area contributed by atoms with Gasteiger partial charge >= 0.3 is 0 Å². The van der Waals surface area contributed by atoms with E-state index in [1.165, 1.54) is 0 Å². The highest BCUT2D eigenvalue weighted by molar-refractivity contribution is 5.43. The topological polar surface area (TPSA) is 56.5 Å². The van der Waals surface area contributed by atoms with Gasteiger partial charge in [-0.25, -0.2) is 0 Å². The van der Waals surface area contributed by atoms with Gasteiger partial charge in [0.2, 0.25) is 0 Å². The zero-order valence-corrected chi connectivity index (χ0v) is 12.5. The second-order valence-electron chi connectivity index (χ2n) is 4.76. The Morgan fingerprint density at radius 3 is 2.05 bits per heavy atom. The summed E-state index contributed by atoms with van der Waals surface area (Å²) in [6, 6.07) is 5.39. The fourth-order valence-corrected chi connectivity index (χ4v) is 2.34. The minimum atomic E-state index is -0.757. The molecule has 108 valence electrons. The smallest absolute Gasteiger partial charge is 0.122 e. The van der Waals surface area contributed by atoms with E-state index < -0.39 is 6.10 Å². The Hall–Kier alpha value is -2.01. The van der Waals surface area contributed by atoms with Crippen LogP contribution in [-0.4, -0.2) is 29.1 Å². The summed E-state index contributed by atoms with van der Waals surface area (Å²) in [5.74, 6) is 1.30. The largest absolute Gasteiger partial charge is 0.497 e. The summed E-state index contributed by atoms with van der Waals surface area (Å²) >= 11 is 0. The Bertz CT molecular complexity index is 598. The van der Waals surface area contributed by atoms with Crippen molar-refractivity contribution in [2.75, 3.05) is 14.2 Å². The van der Waals surface area contributed by atoms with Gasteiger partial charge in [0.05, 0.1) is 19.9 Å². The SMILES string of the molecule is COc1cc(OC)cc(C(O)c2c(C)nn(C)c2C)c1. The summed E-state index contributed by atoms with van der Waals surface area (Å²) in [7, 11) is 5.04. The number of aliphatic hydroxyl groups excluding tert-OH is 1. The van der Waals surface area contributed by atoms with Crippen LogP contribution in [0, 0.1) is 13.8 Å². The highest BCUT2D eigenvalue weighted by Gasteiger charge is 2.20. The molecule has 0 aliphatic carbocycles. The minimum Gasteiger partial charge on any atom is -0.497 e. The molecule has 1 unspecified atom stereocenters. The quantitative estimate of drug-likeness (QED) is 0.929. The molecule has 0 spiro atoms. The Morgan fingerprint density at radius 1 is 1.10 bits per heavy atom. The van der Waals surface area contributed by atoms with Crippen LogP contribution in [0.2, 0.25) is 0 Å². The van der Waals surface area contributed by atoms with E-state index in [0.29, 0.717) is 11.5 Å². The molecule has 1 aromatic carbocycles. The van der Waals surface area contributed by atoms with Crippen molar-refractivity contribution >= 4 is 0 Å². The van der Waals surface area contributed by atoms with Crippen LogP contribution < -0.4 is 9.47 Å².